The highest BCUT2D eigenvalue weighted by Crippen LogP contribution is 2.32. The van der Waals surface area contributed by atoms with Crippen molar-refractivity contribution in [3.05, 3.63) is 23.8 Å². The van der Waals surface area contributed by atoms with Gasteiger partial charge in [-0.3, -0.25) is 4.79 Å². The Morgan fingerprint density at radius 1 is 1.45 bits per heavy atom. The first-order valence-corrected chi connectivity index (χ1v) is 6.52. The average Bonchev–Trinajstić information content (AvgIpc) is 2.53. The van der Waals surface area contributed by atoms with Gasteiger partial charge in [0.15, 0.2) is 11.5 Å². The molecule has 2 N–H and O–H groups in total. The van der Waals surface area contributed by atoms with Gasteiger partial charge in [-0.1, -0.05) is 6.07 Å². The third-order valence-corrected chi connectivity index (χ3v) is 3.39. The summed E-state index contributed by atoms with van der Waals surface area (Å²) in [5, 5.41) is 0. The minimum atomic E-state index is -0.112. The highest BCUT2D eigenvalue weighted by atomic mass is 16.5. The molecule has 2 rings (SSSR count). The van der Waals surface area contributed by atoms with Crippen LogP contribution in [-0.2, 0) is 4.74 Å². The number of amides is 1. The van der Waals surface area contributed by atoms with Crippen LogP contribution < -0.4 is 15.2 Å². The second kappa shape index (κ2) is 6.58. The predicted octanol–water partition coefficient (Wildman–Crippen LogP) is 0.504. The molecule has 0 aromatic heterocycles. The van der Waals surface area contributed by atoms with E-state index in [-0.39, 0.29) is 11.9 Å². The molecule has 1 aromatic carbocycles. The third-order valence-electron chi connectivity index (χ3n) is 3.39. The molecule has 110 valence electrons. The lowest BCUT2D eigenvalue weighted by Crippen LogP contribution is -2.52. The summed E-state index contributed by atoms with van der Waals surface area (Å²) in [4.78, 5) is 14.4. The van der Waals surface area contributed by atoms with Gasteiger partial charge in [-0.15, -0.1) is 0 Å². The number of rotatable bonds is 4. The summed E-state index contributed by atoms with van der Waals surface area (Å²) < 4.78 is 15.9. The molecular weight excluding hydrogens is 260 g/mol. The van der Waals surface area contributed by atoms with Crippen LogP contribution in [-0.4, -0.2) is 57.4 Å². The summed E-state index contributed by atoms with van der Waals surface area (Å²) in [6.07, 6.45) is 0. The number of carbonyl (C=O) groups excluding carboxylic acids is 1. The summed E-state index contributed by atoms with van der Waals surface area (Å²) in [5.74, 6) is 0.873. The molecule has 1 amide bonds. The number of para-hydroxylation sites is 1. The van der Waals surface area contributed by atoms with Crippen molar-refractivity contribution in [3.63, 3.8) is 0 Å². The molecule has 0 saturated carbocycles. The minimum absolute atomic E-state index is 0.104. The van der Waals surface area contributed by atoms with Gasteiger partial charge in [-0.2, -0.15) is 0 Å². The van der Waals surface area contributed by atoms with E-state index in [9.17, 15) is 4.79 Å². The maximum Gasteiger partial charge on any atom is 0.258 e. The van der Waals surface area contributed by atoms with E-state index in [0.717, 1.165) is 0 Å². The van der Waals surface area contributed by atoms with Gasteiger partial charge in [-0.05, 0) is 12.1 Å². The van der Waals surface area contributed by atoms with Crippen molar-refractivity contribution in [1.29, 1.82) is 0 Å². The van der Waals surface area contributed by atoms with Gasteiger partial charge in [0.2, 0.25) is 0 Å². The zero-order valence-electron chi connectivity index (χ0n) is 11.8. The van der Waals surface area contributed by atoms with Gasteiger partial charge in [0.1, 0.15) is 0 Å². The number of nitrogens with zero attached hydrogens (tertiary/aromatic N) is 1. The van der Waals surface area contributed by atoms with Crippen molar-refractivity contribution < 1.29 is 19.0 Å². The van der Waals surface area contributed by atoms with E-state index in [2.05, 4.69) is 0 Å². The Balaban J connectivity index is 2.32. The Morgan fingerprint density at radius 3 is 2.90 bits per heavy atom. The first-order chi connectivity index (χ1) is 9.72. The van der Waals surface area contributed by atoms with Gasteiger partial charge < -0.3 is 24.8 Å². The number of hydrogen-bond donors (Lipinski definition) is 1. The average molecular weight is 280 g/mol. The SMILES string of the molecule is COc1cccc(C(=O)N2CCOCC2CN)c1OC. The number of benzene rings is 1. The van der Waals surface area contributed by atoms with Gasteiger partial charge in [-0.25, -0.2) is 0 Å². The van der Waals surface area contributed by atoms with Gasteiger partial charge in [0.25, 0.3) is 5.91 Å². The Labute approximate surface area is 118 Å². The van der Waals surface area contributed by atoms with Gasteiger partial charge >= 0.3 is 0 Å². The number of hydrogen-bond acceptors (Lipinski definition) is 5. The van der Waals surface area contributed by atoms with Crippen LogP contribution in [0.25, 0.3) is 0 Å². The van der Waals surface area contributed by atoms with Crippen LogP contribution >= 0.6 is 0 Å². The fraction of sp³-hybridized carbons (Fsp3) is 0.500. The predicted molar refractivity (Wildman–Crippen MR) is 74.2 cm³/mol. The van der Waals surface area contributed by atoms with E-state index in [1.165, 1.54) is 7.11 Å². The Hall–Kier alpha value is -1.79. The van der Waals surface area contributed by atoms with E-state index in [1.807, 2.05) is 0 Å². The number of carbonyl (C=O) groups is 1. The van der Waals surface area contributed by atoms with Crippen molar-refractivity contribution in [2.75, 3.05) is 40.5 Å². The molecule has 1 heterocycles. The van der Waals surface area contributed by atoms with Crippen LogP contribution in [0.2, 0.25) is 0 Å². The summed E-state index contributed by atoms with van der Waals surface area (Å²) in [6.45, 7) is 1.89. The van der Waals surface area contributed by atoms with Crippen molar-refractivity contribution in [2.24, 2.45) is 5.73 Å². The number of morpholine rings is 1. The molecule has 0 radical (unpaired) electrons. The first-order valence-electron chi connectivity index (χ1n) is 6.52. The van der Waals surface area contributed by atoms with Gasteiger partial charge in [0.05, 0.1) is 39.0 Å². The molecule has 1 unspecified atom stereocenters. The van der Waals surface area contributed by atoms with Crippen LogP contribution in [0.4, 0.5) is 0 Å². The quantitative estimate of drug-likeness (QED) is 0.869. The van der Waals surface area contributed by atoms with Crippen molar-refractivity contribution in [2.45, 2.75) is 6.04 Å². The highest BCUT2D eigenvalue weighted by molar-refractivity contribution is 5.98. The lowest BCUT2D eigenvalue weighted by molar-refractivity contribution is 0.000667. The second-order valence-electron chi connectivity index (χ2n) is 4.50. The Kier molecular flexibility index (Phi) is 4.81. The Morgan fingerprint density at radius 2 is 2.25 bits per heavy atom. The summed E-state index contributed by atoms with van der Waals surface area (Å²) in [6, 6.07) is 5.15. The fourth-order valence-electron chi connectivity index (χ4n) is 2.33. The lowest BCUT2D eigenvalue weighted by Gasteiger charge is -2.35. The molecule has 0 bridgehead atoms. The maximum absolute atomic E-state index is 12.7. The van der Waals surface area contributed by atoms with Crippen LogP contribution in [0, 0.1) is 0 Å². The molecule has 1 aliphatic rings. The molecule has 20 heavy (non-hydrogen) atoms. The molecular formula is C14H20N2O4. The van der Waals surface area contributed by atoms with Crippen molar-refractivity contribution in [1.82, 2.24) is 4.90 Å². The topological polar surface area (TPSA) is 74.0 Å². The largest absolute Gasteiger partial charge is 0.493 e. The Bertz CT molecular complexity index is 478. The van der Waals surface area contributed by atoms with E-state index in [0.29, 0.717) is 43.4 Å². The standard InChI is InChI=1S/C14H20N2O4/c1-18-12-5-3-4-11(13(12)19-2)14(17)16-6-7-20-9-10(16)8-15/h3-5,10H,6-9,15H2,1-2H3. The summed E-state index contributed by atoms with van der Waals surface area (Å²) in [7, 11) is 3.07. The molecule has 0 spiro atoms. The smallest absolute Gasteiger partial charge is 0.258 e. The summed E-state index contributed by atoms with van der Waals surface area (Å²) in [5.41, 5.74) is 6.19. The van der Waals surface area contributed by atoms with Crippen molar-refractivity contribution >= 4 is 5.91 Å². The van der Waals surface area contributed by atoms with E-state index in [4.69, 9.17) is 19.9 Å². The van der Waals surface area contributed by atoms with Gasteiger partial charge in [0, 0.05) is 13.1 Å². The minimum Gasteiger partial charge on any atom is -0.493 e. The van der Waals surface area contributed by atoms with E-state index < -0.39 is 0 Å². The molecule has 1 aliphatic heterocycles. The van der Waals surface area contributed by atoms with Crippen LogP contribution in [0.15, 0.2) is 18.2 Å². The first kappa shape index (κ1) is 14.6. The van der Waals surface area contributed by atoms with E-state index in [1.54, 1.807) is 30.2 Å². The zero-order valence-corrected chi connectivity index (χ0v) is 11.8. The molecule has 6 heteroatoms. The maximum atomic E-state index is 12.7. The normalized spacial score (nSPS) is 18.8. The molecule has 1 fully saturated rings. The lowest BCUT2D eigenvalue weighted by atomic mass is 10.1. The fourth-order valence-corrected chi connectivity index (χ4v) is 2.33. The number of ether oxygens (including phenoxy) is 3. The van der Waals surface area contributed by atoms with Crippen LogP contribution in [0.5, 0.6) is 11.5 Å². The summed E-state index contributed by atoms with van der Waals surface area (Å²) >= 11 is 0. The van der Waals surface area contributed by atoms with Crippen LogP contribution in [0.1, 0.15) is 10.4 Å². The molecule has 1 aromatic rings. The third kappa shape index (κ3) is 2.71. The number of methoxy groups -OCH3 is 2. The molecule has 0 aliphatic carbocycles. The molecule has 1 saturated heterocycles. The number of nitrogens with two attached hydrogens (primary N) is 1. The second-order valence-corrected chi connectivity index (χ2v) is 4.50. The van der Waals surface area contributed by atoms with Crippen molar-refractivity contribution in [3.8, 4) is 11.5 Å². The monoisotopic (exact) mass is 280 g/mol. The zero-order chi connectivity index (χ0) is 14.5. The van der Waals surface area contributed by atoms with E-state index >= 15 is 0 Å². The highest BCUT2D eigenvalue weighted by Gasteiger charge is 2.29. The van der Waals surface area contributed by atoms with Crippen LogP contribution in [0.3, 0.4) is 0 Å². The molecule has 6 nitrogen and oxygen atoms in total. The molecule has 1 atom stereocenters.